The molecule has 20 heavy (non-hydrogen) atoms. The third kappa shape index (κ3) is 3.77. The molecule has 0 atom stereocenters. The van der Waals surface area contributed by atoms with Crippen molar-refractivity contribution in [3.8, 4) is 5.88 Å². The molecule has 8 nitrogen and oxygen atoms in total. The lowest BCUT2D eigenvalue weighted by Crippen LogP contribution is -2.43. The van der Waals surface area contributed by atoms with Crippen LogP contribution in [0.2, 0.25) is 0 Å². The molecule has 0 aliphatic heterocycles. The Kier molecular flexibility index (Phi) is 5.20. The quantitative estimate of drug-likeness (QED) is 0.599. The molecule has 0 aliphatic rings. The van der Waals surface area contributed by atoms with E-state index in [4.69, 9.17) is 4.74 Å². The summed E-state index contributed by atoms with van der Waals surface area (Å²) in [6, 6.07) is 0. The van der Waals surface area contributed by atoms with E-state index in [1.807, 2.05) is 39.8 Å². The molecule has 0 aromatic carbocycles. The average molecular weight is 283 g/mol. The molecule has 0 radical (unpaired) electrons. The third-order valence-electron chi connectivity index (χ3n) is 3.09. The molecule has 1 N–H and O–H groups in total. The van der Waals surface area contributed by atoms with Crippen LogP contribution < -0.4 is 10.1 Å². The minimum atomic E-state index is -0.532. The van der Waals surface area contributed by atoms with Crippen molar-refractivity contribution in [2.24, 2.45) is 0 Å². The van der Waals surface area contributed by atoms with Crippen molar-refractivity contribution >= 4 is 11.5 Å². The summed E-state index contributed by atoms with van der Waals surface area (Å²) in [5.41, 5.74) is -0.499. The fourth-order valence-corrected chi connectivity index (χ4v) is 1.30. The normalized spacial score (nSPS) is 11.5. The number of nitrogens with zero attached hydrogens (tertiary/aromatic N) is 4. The van der Waals surface area contributed by atoms with Crippen LogP contribution in [0.1, 0.15) is 20.8 Å². The minimum Gasteiger partial charge on any atom is -0.471 e. The van der Waals surface area contributed by atoms with Crippen molar-refractivity contribution in [1.82, 2.24) is 14.9 Å². The monoisotopic (exact) mass is 283 g/mol. The van der Waals surface area contributed by atoms with Crippen LogP contribution in [0.5, 0.6) is 5.88 Å². The highest BCUT2D eigenvalue weighted by Gasteiger charge is 2.27. The van der Waals surface area contributed by atoms with E-state index < -0.39 is 4.92 Å². The molecule has 0 fully saturated rings. The predicted molar refractivity (Wildman–Crippen MR) is 76.1 cm³/mol. The Hall–Kier alpha value is -1.96. The van der Waals surface area contributed by atoms with Crippen LogP contribution in [-0.4, -0.2) is 52.6 Å². The van der Waals surface area contributed by atoms with Gasteiger partial charge in [0.2, 0.25) is 5.82 Å². The van der Waals surface area contributed by atoms with E-state index in [0.29, 0.717) is 6.54 Å². The van der Waals surface area contributed by atoms with Crippen LogP contribution in [0.25, 0.3) is 0 Å². The van der Waals surface area contributed by atoms with Crippen LogP contribution in [-0.2, 0) is 0 Å². The predicted octanol–water partition coefficient (Wildman–Crippen LogP) is 1.54. The summed E-state index contributed by atoms with van der Waals surface area (Å²) in [6.07, 6.45) is 1.25. The van der Waals surface area contributed by atoms with Gasteiger partial charge in [-0.15, -0.1) is 0 Å². The second-order valence-corrected chi connectivity index (χ2v) is 5.16. The number of aromatic nitrogens is 2. The number of rotatable bonds is 7. The maximum atomic E-state index is 11.2. The van der Waals surface area contributed by atoms with Crippen LogP contribution in [0, 0.1) is 10.1 Å². The molecular weight excluding hydrogens is 262 g/mol. The molecule has 0 bridgehead atoms. The van der Waals surface area contributed by atoms with Gasteiger partial charge in [-0.25, -0.2) is 4.98 Å². The summed E-state index contributed by atoms with van der Waals surface area (Å²) in [7, 11) is 3.84. The molecule has 0 spiro atoms. The van der Waals surface area contributed by atoms with E-state index in [2.05, 4.69) is 15.3 Å². The Morgan fingerprint density at radius 3 is 2.60 bits per heavy atom. The number of nitro groups is 1. The zero-order valence-electron chi connectivity index (χ0n) is 12.5. The van der Waals surface area contributed by atoms with Gasteiger partial charge < -0.3 is 15.0 Å². The molecule has 1 aromatic heterocycles. The smallest absolute Gasteiger partial charge is 0.372 e. The van der Waals surface area contributed by atoms with Crippen molar-refractivity contribution < 1.29 is 9.66 Å². The lowest BCUT2D eigenvalue weighted by molar-refractivity contribution is -0.385. The maximum Gasteiger partial charge on any atom is 0.372 e. The summed E-state index contributed by atoms with van der Waals surface area (Å²) >= 11 is 0. The zero-order chi connectivity index (χ0) is 15.3. The Bertz CT molecular complexity index is 476. The lowest BCUT2D eigenvalue weighted by Gasteiger charge is -2.31. The molecule has 0 amide bonds. The molecule has 8 heteroatoms. The van der Waals surface area contributed by atoms with Gasteiger partial charge in [0.25, 0.3) is 5.88 Å². The van der Waals surface area contributed by atoms with E-state index in [1.165, 1.54) is 6.33 Å². The molecule has 0 saturated carbocycles. The fourth-order valence-electron chi connectivity index (χ4n) is 1.30. The molecule has 0 aliphatic carbocycles. The van der Waals surface area contributed by atoms with E-state index in [-0.39, 0.29) is 29.5 Å². The van der Waals surface area contributed by atoms with Gasteiger partial charge in [-0.05, 0) is 34.9 Å². The minimum absolute atomic E-state index is 0.0177. The number of ether oxygens (including phenoxy) is 1. The second-order valence-electron chi connectivity index (χ2n) is 5.16. The SMILES string of the molecule is CCNc1ncnc(OCC(C)(C)N(C)C)c1[N+](=O)[O-]. The van der Waals surface area contributed by atoms with Crippen molar-refractivity contribution in [3.05, 3.63) is 16.4 Å². The highest BCUT2D eigenvalue weighted by atomic mass is 16.6. The third-order valence-corrected chi connectivity index (χ3v) is 3.09. The first kappa shape index (κ1) is 16.1. The van der Waals surface area contributed by atoms with E-state index >= 15 is 0 Å². The van der Waals surface area contributed by atoms with Crippen LogP contribution in [0.4, 0.5) is 11.5 Å². The van der Waals surface area contributed by atoms with Crippen molar-refractivity contribution in [1.29, 1.82) is 0 Å². The Labute approximate surface area is 118 Å². The second kappa shape index (κ2) is 6.47. The van der Waals surface area contributed by atoms with Gasteiger partial charge in [-0.2, -0.15) is 4.98 Å². The summed E-state index contributed by atoms with van der Waals surface area (Å²) in [6.45, 7) is 6.60. The molecular formula is C12H21N5O3. The summed E-state index contributed by atoms with van der Waals surface area (Å²) < 4.78 is 5.54. The molecule has 1 heterocycles. The summed E-state index contributed by atoms with van der Waals surface area (Å²) in [5.74, 6) is 0.154. The first-order chi connectivity index (χ1) is 9.29. The number of nitrogens with one attached hydrogen (secondary N) is 1. The van der Waals surface area contributed by atoms with Crippen LogP contribution >= 0.6 is 0 Å². The van der Waals surface area contributed by atoms with Gasteiger partial charge in [0, 0.05) is 12.1 Å². The van der Waals surface area contributed by atoms with E-state index in [9.17, 15) is 10.1 Å². The highest BCUT2D eigenvalue weighted by molar-refractivity contribution is 5.60. The van der Waals surface area contributed by atoms with Crippen molar-refractivity contribution in [2.45, 2.75) is 26.3 Å². The lowest BCUT2D eigenvalue weighted by atomic mass is 10.1. The van der Waals surface area contributed by atoms with Crippen molar-refractivity contribution in [2.75, 3.05) is 32.6 Å². The first-order valence-electron chi connectivity index (χ1n) is 6.33. The topological polar surface area (TPSA) is 93.4 Å². The molecule has 0 unspecified atom stereocenters. The largest absolute Gasteiger partial charge is 0.471 e. The number of anilines is 1. The van der Waals surface area contributed by atoms with Gasteiger partial charge >= 0.3 is 5.69 Å². The molecule has 1 aromatic rings. The molecule has 0 saturated heterocycles. The Morgan fingerprint density at radius 1 is 1.45 bits per heavy atom. The standard InChI is InChI=1S/C12H21N5O3/c1-6-13-10-9(17(18)19)11(15-8-14-10)20-7-12(2,3)16(4)5/h8H,6-7H2,1-5H3,(H,13,14,15). The maximum absolute atomic E-state index is 11.2. The fraction of sp³-hybridized carbons (Fsp3) is 0.667. The zero-order valence-corrected chi connectivity index (χ0v) is 12.5. The summed E-state index contributed by atoms with van der Waals surface area (Å²) in [5, 5.41) is 14.0. The number of likely N-dealkylation sites (N-methyl/N-ethyl adjacent to an activating group) is 1. The Balaban J connectivity index is 3.00. The van der Waals surface area contributed by atoms with Gasteiger partial charge in [-0.3, -0.25) is 10.1 Å². The number of hydrogen-bond donors (Lipinski definition) is 1. The van der Waals surface area contributed by atoms with Crippen LogP contribution in [0.3, 0.4) is 0 Å². The van der Waals surface area contributed by atoms with Gasteiger partial charge in [0.15, 0.2) is 0 Å². The van der Waals surface area contributed by atoms with E-state index in [0.717, 1.165) is 0 Å². The average Bonchev–Trinajstić information content (AvgIpc) is 2.36. The van der Waals surface area contributed by atoms with Gasteiger partial charge in [-0.1, -0.05) is 0 Å². The summed E-state index contributed by atoms with van der Waals surface area (Å²) in [4.78, 5) is 20.4. The van der Waals surface area contributed by atoms with Gasteiger partial charge in [0.1, 0.15) is 12.9 Å². The Morgan fingerprint density at radius 2 is 2.10 bits per heavy atom. The molecule has 1 rings (SSSR count). The molecule has 112 valence electrons. The van der Waals surface area contributed by atoms with Crippen molar-refractivity contribution in [3.63, 3.8) is 0 Å². The number of hydrogen-bond acceptors (Lipinski definition) is 7. The van der Waals surface area contributed by atoms with Crippen LogP contribution in [0.15, 0.2) is 6.33 Å². The first-order valence-corrected chi connectivity index (χ1v) is 6.33. The van der Waals surface area contributed by atoms with E-state index in [1.54, 1.807) is 0 Å². The highest BCUT2D eigenvalue weighted by Crippen LogP contribution is 2.31. The van der Waals surface area contributed by atoms with Gasteiger partial charge in [0.05, 0.1) is 4.92 Å².